The maximum Gasteiger partial charge on any atom is 0.263 e. The Balaban J connectivity index is 1.74. The van der Waals surface area contributed by atoms with E-state index in [1.54, 1.807) is 36.5 Å². The molecule has 3 heterocycles. The first-order chi connectivity index (χ1) is 13.4. The van der Waals surface area contributed by atoms with Crippen LogP contribution in [0.2, 0.25) is 0 Å². The van der Waals surface area contributed by atoms with E-state index in [1.807, 2.05) is 17.9 Å². The predicted octanol–water partition coefficient (Wildman–Crippen LogP) is 2.45. The Kier molecular flexibility index (Phi) is 6.34. The van der Waals surface area contributed by atoms with Gasteiger partial charge in [-0.15, -0.1) is 11.3 Å². The molecule has 1 aliphatic heterocycles. The zero-order valence-electron chi connectivity index (χ0n) is 16.7. The molecule has 0 aliphatic carbocycles. The number of hydrogen-bond donors (Lipinski definition) is 0. The second-order valence-corrected chi connectivity index (χ2v) is 8.27. The molecule has 0 saturated heterocycles. The standard InChI is InChI=1S/C21H27N3O3S/c1-4-22(2)20(26)19-17-10-11-24(14-15(17)13-23(3)21(19)27)18(25)9-5-7-16-8-6-12-28-16/h6,8,12-13H,4-5,7,9-11,14H2,1-3H3. The molecule has 0 radical (unpaired) electrons. The quantitative estimate of drug-likeness (QED) is 0.747. The number of carbonyl (C=O) groups excluding carboxylic acids is 2. The summed E-state index contributed by atoms with van der Waals surface area (Å²) in [6.07, 6.45) is 4.58. The number of fused-ring (bicyclic) bond motifs is 1. The second kappa shape index (κ2) is 8.73. The lowest BCUT2D eigenvalue weighted by Crippen LogP contribution is -2.41. The zero-order valence-corrected chi connectivity index (χ0v) is 17.6. The molecule has 28 heavy (non-hydrogen) atoms. The van der Waals surface area contributed by atoms with Gasteiger partial charge in [0.25, 0.3) is 11.5 Å². The fraction of sp³-hybridized carbons (Fsp3) is 0.476. The zero-order chi connectivity index (χ0) is 20.3. The highest BCUT2D eigenvalue weighted by atomic mass is 32.1. The second-order valence-electron chi connectivity index (χ2n) is 7.24. The molecule has 2 amide bonds. The van der Waals surface area contributed by atoms with Crippen molar-refractivity contribution in [2.24, 2.45) is 7.05 Å². The summed E-state index contributed by atoms with van der Waals surface area (Å²) in [6.45, 7) is 3.43. The van der Waals surface area contributed by atoms with Crippen molar-refractivity contribution in [1.82, 2.24) is 14.4 Å². The van der Waals surface area contributed by atoms with Gasteiger partial charge in [0.1, 0.15) is 5.56 Å². The maximum absolute atomic E-state index is 12.7. The maximum atomic E-state index is 12.7. The molecule has 0 spiro atoms. The first-order valence-corrected chi connectivity index (χ1v) is 10.6. The minimum absolute atomic E-state index is 0.134. The summed E-state index contributed by atoms with van der Waals surface area (Å²) in [4.78, 5) is 42.7. The van der Waals surface area contributed by atoms with Gasteiger partial charge in [-0.25, -0.2) is 0 Å². The van der Waals surface area contributed by atoms with Crippen molar-refractivity contribution in [2.45, 2.75) is 39.2 Å². The molecule has 0 bridgehead atoms. The topological polar surface area (TPSA) is 62.6 Å². The van der Waals surface area contributed by atoms with E-state index in [2.05, 4.69) is 11.4 Å². The molecule has 3 rings (SSSR count). The smallest absolute Gasteiger partial charge is 0.263 e. The summed E-state index contributed by atoms with van der Waals surface area (Å²) >= 11 is 1.72. The number of aryl methyl sites for hydroxylation is 2. The Bertz CT molecular complexity index is 918. The van der Waals surface area contributed by atoms with E-state index in [1.165, 1.54) is 9.44 Å². The fourth-order valence-electron chi connectivity index (χ4n) is 3.58. The number of pyridine rings is 1. The molecule has 0 unspecified atom stereocenters. The SMILES string of the molecule is CCN(C)C(=O)c1c2c(cn(C)c1=O)CN(C(=O)CCCc1cccs1)CC2. The number of amides is 2. The lowest BCUT2D eigenvalue weighted by Gasteiger charge is -2.31. The van der Waals surface area contributed by atoms with Gasteiger partial charge in [-0.05, 0) is 48.8 Å². The van der Waals surface area contributed by atoms with Gasteiger partial charge in [-0.3, -0.25) is 14.4 Å². The van der Waals surface area contributed by atoms with Crippen molar-refractivity contribution in [3.05, 3.63) is 55.6 Å². The minimum Gasteiger partial charge on any atom is -0.342 e. The number of thiophene rings is 1. The van der Waals surface area contributed by atoms with Crippen LogP contribution in [0.25, 0.3) is 0 Å². The predicted molar refractivity (Wildman–Crippen MR) is 111 cm³/mol. The molecule has 1 aliphatic rings. The van der Waals surface area contributed by atoms with E-state index in [9.17, 15) is 14.4 Å². The van der Waals surface area contributed by atoms with Crippen LogP contribution in [-0.2, 0) is 31.2 Å². The van der Waals surface area contributed by atoms with Crippen molar-refractivity contribution in [2.75, 3.05) is 20.1 Å². The molecule has 6 nitrogen and oxygen atoms in total. The first kappa shape index (κ1) is 20.3. The third-order valence-corrected chi connectivity index (χ3v) is 6.28. The van der Waals surface area contributed by atoms with E-state index in [0.717, 1.165) is 24.0 Å². The summed E-state index contributed by atoms with van der Waals surface area (Å²) in [5, 5.41) is 2.05. The molecular formula is C21H27N3O3S. The van der Waals surface area contributed by atoms with Gasteiger partial charge < -0.3 is 14.4 Å². The van der Waals surface area contributed by atoms with Crippen molar-refractivity contribution < 1.29 is 9.59 Å². The first-order valence-electron chi connectivity index (χ1n) is 9.69. The Morgan fingerprint density at radius 1 is 1.32 bits per heavy atom. The van der Waals surface area contributed by atoms with E-state index < -0.39 is 0 Å². The van der Waals surface area contributed by atoms with E-state index in [4.69, 9.17) is 0 Å². The lowest BCUT2D eigenvalue weighted by molar-refractivity contribution is -0.132. The Hall–Kier alpha value is -2.41. The van der Waals surface area contributed by atoms with Crippen LogP contribution >= 0.6 is 11.3 Å². The average Bonchev–Trinajstić information content (AvgIpc) is 3.21. The van der Waals surface area contributed by atoms with Crippen LogP contribution in [0.1, 0.15) is 46.1 Å². The van der Waals surface area contributed by atoms with Crippen molar-refractivity contribution in [1.29, 1.82) is 0 Å². The number of carbonyl (C=O) groups is 2. The van der Waals surface area contributed by atoms with Gasteiger partial charge in [0, 0.05) is 51.2 Å². The van der Waals surface area contributed by atoms with Gasteiger partial charge in [0.15, 0.2) is 0 Å². The molecule has 0 aromatic carbocycles. The van der Waals surface area contributed by atoms with Crippen LogP contribution in [0.15, 0.2) is 28.5 Å². The molecule has 2 aromatic rings. The summed E-state index contributed by atoms with van der Waals surface area (Å²) in [6, 6.07) is 4.13. The van der Waals surface area contributed by atoms with Crippen molar-refractivity contribution in [3.63, 3.8) is 0 Å². The highest BCUT2D eigenvalue weighted by Crippen LogP contribution is 2.22. The largest absolute Gasteiger partial charge is 0.342 e. The van der Waals surface area contributed by atoms with Gasteiger partial charge in [0.05, 0.1) is 0 Å². The Morgan fingerprint density at radius 2 is 2.11 bits per heavy atom. The Labute approximate surface area is 169 Å². The van der Waals surface area contributed by atoms with Crippen LogP contribution in [0, 0.1) is 0 Å². The normalized spacial score (nSPS) is 13.3. The van der Waals surface area contributed by atoms with Crippen LogP contribution < -0.4 is 5.56 Å². The molecule has 0 saturated carbocycles. The van der Waals surface area contributed by atoms with Crippen LogP contribution in [0.5, 0.6) is 0 Å². The third kappa shape index (κ3) is 4.19. The fourth-order valence-corrected chi connectivity index (χ4v) is 4.34. The number of aromatic nitrogens is 1. The highest BCUT2D eigenvalue weighted by Gasteiger charge is 2.28. The number of hydrogen-bond acceptors (Lipinski definition) is 4. The molecule has 150 valence electrons. The highest BCUT2D eigenvalue weighted by molar-refractivity contribution is 7.09. The molecule has 0 fully saturated rings. The lowest BCUT2D eigenvalue weighted by atomic mass is 9.95. The summed E-state index contributed by atoms with van der Waals surface area (Å²) in [7, 11) is 3.36. The molecule has 0 N–H and O–H groups in total. The van der Waals surface area contributed by atoms with Crippen molar-refractivity contribution in [3.8, 4) is 0 Å². The van der Waals surface area contributed by atoms with Gasteiger partial charge in [0.2, 0.25) is 5.91 Å². The third-order valence-electron chi connectivity index (χ3n) is 5.35. The summed E-state index contributed by atoms with van der Waals surface area (Å²) in [5.74, 6) is -0.106. The number of nitrogens with zero attached hydrogens (tertiary/aromatic N) is 3. The number of rotatable bonds is 6. The minimum atomic E-state index is -0.264. The van der Waals surface area contributed by atoms with Gasteiger partial charge >= 0.3 is 0 Å². The van der Waals surface area contributed by atoms with Crippen LogP contribution in [-0.4, -0.2) is 46.3 Å². The van der Waals surface area contributed by atoms with Gasteiger partial charge in [-0.1, -0.05) is 6.07 Å². The van der Waals surface area contributed by atoms with E-state index >= 15 is 0 Å². The molecular weight excluding hydrogens is 374 g/mol. The monoisotopic (exact) mass is 401 g/mol. The average molecular weight is 402 g/mol. The summed E-state index contributed by atoms with van der Waals surface area (Å²) in [5.41, 5.74) is 1.69. The van der Waals surface area contributed by atoms with Crippen LogP contribution in [0.4, 0.5) is 0 Å². The molecule has 0 atom stereocenters. The Morgan fingerprint density at radius 3 is 2.79 bits per heavy atom. The van der Waals surface area contributed by atoms with Crippen molar-refractivity contribution >= 4 is 23.2 Å². The van der Waals surface area contributed by atoms with E-state index in [0.29, 0.717) is 32.5 Å². The summed E-state index contributed by atoms with van der Waals surface area (Å²) < 4.78 is 1.46. The molecule has 2 aromatic heterocycles. The van der Waals surface area contributed by atoms with Crippen LogP contribution in [0.3, 0.4) is 0 Å². The van der Waals surface area contributed by atoms with E-state index in [-0.39, 0.29) is 22.9 Å². The van der Waals surface area contributed by atoms with Gasteiger partial charge in [-0.2, -0.15) is 0 Å². The molecule has 7 heteroatoms.